The van der Waals surface area contributed by atoms with Crippen LogP contribution in [0.5, 0.6) is 5.75 Å². The zero-order chi connectivity index (χ0) is 29.7. The molecule has 3 atom stereocenters. The third-order valence-electron chi connectivity index (χ3n) is 7.77. The van der Waals surface area contributed by atoms with Crippen LogP contribution >= 0.6 is 11.8 Å². The lowest BCUT2D eigenvalue weighted by Gasteiger charge is -2.22. The number of benzene rings is 1. The molecule has 0 radical (unpaired) electrons. The minimum absolute atomic E-state index is 0.0464. The molecule has 3 amide bonds. The quantitative estimate of drug-likeness (QED) is 0.152. The molecule has 9 nitrogen and oxygen atoms in total. The summed E-state index contributed by atoms with van der Waals surface area (Å²) in [6.07, 6.45) is 8.87. The van der Waals surface area contributed by atoms with E-state index in [2.05, 4.69) is 55.1 Å². The van der Waals surface area contributed by atoms with E-state index in [9.17, 15) is 9.59 Å². The number of urea groups is 1. The first kappa shape index (κ1) is 30.8. The number of carbonyl (C=O) groups excluding carboxylic acids is 2. The molecule has 2 aromatic heterocycles. The van der Waals surface area contributed by atoms with E-state index in [1.54, 1.807) is 0 Å². The molecular weight excluding hydrogens is 560 g/mol. The summed E-state index contributed by atoms with van der Waals surface area (Å²) >= 11 is 1.92. The van der Waals surface area contributed by atoms with E-state index in [-0.39, 0.29) is 24.0 Å². The smallest absolute Gasteiger partial charge is 0.315 e. The predicted octanol–water partition coefficient (Wildman–Crippen LogP) is 4.68. The first-order chi connectivity index (χ1) is 21.1. The lowest BCUT2D eigenvalue weighted by molar-refractivity contribution is -0.121. The van der Waals surface area contributed by atoms with E-state index in [0.717, 1.165) is 74.6 Å². The lowest BCUT2D eigenvalue weighted by Crippen LogP contribution is -2.36. The Morgan fingerprint density at radius 3 is 2.47 bits per heavy atom. The number of aromatic nitrogens is 2. The zero-order valence-electron chi connectivity index (χ0n) is 24.6. The van der Waals surface area contributed by atoms with E-state index in [1.807, 2.05) is 60.6 Å². The molecule has 5 rings (SSSR count). The van der Waals surface area contributed by atoms with E-state index in [1.165, 1.54) is 5.56 Å². The monoisotopic (exact) mass is 602 g/mol. The van der Waals surface area contributed by atoms with Crippen molar-refractivity contribution < 1.29 is 14.3 Å². The fourth-order valence-corrected chi connectivity index (χ4v) is 7.15. The van der Waals surface area contributed by atoms with Gasteiger partial charge in [0, 0.05) is 56.0 Å². The molecule has 2 saturated heterocycles. The number of nitrogens with zero attached hydrogens (tertiary/aromatic N) is 3. The SMILES string of the molecule is O=C(CCCC[C@H]1SC[C@H]2NC(=O)N[C@H]21)NCCCCOc1cccc(CN(Cc2ccccn2)Cc2ccccn2)c1. The Morgan fingerprint density at radius 1 is 0.930 bits per heavy atom. The van der Waals surface area contributed by atoms with Crippen molar-refractivity contribution in [3.63, 3.8) is 0 Å². The maximum Gasteiger partial charge on any atom is 0.315 e. The van der Waals surface area contributed by atoms with Crippen molar-refractivity contribution >= 4 is 23.7 Å². The second-order valence-corrected chi connectivity index (χ2v) is 12.5. The van der Waals surface area contributed by atoms with Crippen molar-refractivity contribution in [3.8, 4) is 5.75 Å². The van der Waals surface area contributed by atoms with Crippen LogP contribution in [0.4, 0.5) is 4.79 Å². The molecular formula is C33H42N6O3S. The fraction of sp³-hybridized carbons (Fsp3) is 0.455. The number of carbonyl (C=O) groups is 2. The number of unbranched alkanes of at least 4 members (excludes halogenated alkanes) is 2. The molecule has 0 bridgehead atoms. The fourth-order valence-electron chi connectivity index (χ4n) is 5.61. The van der Waals surface area contributed by atoms with Crippen LogP contribution < -0.4 is 20.7 Å². The van der Waals surface area contributed by atoms with Crippen LogP contribution in [0.1, 0.15) is 55.5 Å². The van der Waals surface area contributed by atoms with E-state index in [0.29, 0.717) is 24.8 Å². The van der Waals surface area contributed by atoms with E-state index < -0.39 is 0 Å². The van der Waals surface area contributed by atoms with Gasteiger partial charge in [-0.25, -0.2) is 4.79 Å². The summed E-state index contributed by atoms with van der Waals surface area (Å²) in [7, 11) is 0. The first-order valence-electron chi connectivity index (χ1n) is 15.3. The number of pyridine rings is 2. The number of thioether (sulfide) groups is 1. The topological polar surface area (TPSA) is 108 Å². The van der Waals surface area contributed by atoms with Crippen molar-refractivity contribution in [2.45, 2.75) is 75.5 Å². The lowest BCUT2D eigenvalue weighted by atomic mass is 10.0. The molecule has 0 saturated carbocycles. The van der Waals surface area contributed by atoms with Gasteiger partial charge in [0.05, 0.1) is 30.1 Å². The maximum absolute atomic E-state index is 12.2. The third-order valence-corrected chi connectivity index (χ3v) is 9.28. The van der Waals surface area contributed by atoms with Gasteiger partial charge in [0.25, 0.3) is 0 Å². The predicted molar refractivity (Wildman–Crippen MR) is 170 cm³/mol. The zero-order valence-corrected chi connectivity index (χ0v) is 25.4. The average Bonchev–Trinajstić information content (AvgIpc) is 3.57. The number of nitrogens with one attached hydrogen (secondary N) is 3. The van der Waals surface area contributed by atoms with E-state index in [4.69, 9.17) is 4.74 Å². The molecule has 2 aliphatic rings. The van der Waals surface area contributed by atoms with Crippen LogP contribution in [-0.4, -0.2) is 63.0 Å². The van der Waals surface area contributed by atoms with Crippen LogP contribution in [0.15, 0.2) is 73.1 Å². The third kappa shape index (κ3) is 9.96. The summed E-state index contributed by atoms with van der Waals surface area (Å²) in [5.41, 5.74) is 3.22. The molecule has 0 aliphatic carbocycles. The number of amides is 3. The van der Waals surface area contributed by atoms with Crippen molar-refractivity contribution in [1.29, 1.82) is 0 Å². The number of ether oxygens (including phenoxy) is 1. The molecule has 2 fully saturated rings. The summed E-state index contributed by atoms with van der Waals surface area (Å²) < 4.78 is 6.05. The summed E-state index contributed by atoms with van der Waals surface area (Å²) in [4.78, 5) is 35.1. The first-order valence-corrected chi connectivity index (χ1v) is 16.4. The average molecular weight is 603 g/mol. The Kier molecular flexibility index (Phi) is 11.7. The van der Waals surface area contributed by atoms with Gasteiger partial charge in [-0.3, -0.25) is 19.7 Å². The van der Waals surface area contributed by atoms with Gasteiger partial charge in [-0.1, -0.05) is 30.7 Å². The Morgan fingerprint density at radius 2 is 1.72 bits per heavy atom. The van der Waals surface area contributed by atoms with Crippen molar-refractivity contribution in [2.24, 2.45) is 0 Å². The van der Waals surface area contributed by atoms with Gasteiger partial charge in [-0.2, -0.15) is 11.8 Å². The van der Waals surface area contributed by atoms with Gasteiger partial charge in [-0.05, 0) is 67.6 Å². The Hall–Kier alpha value is -3.63. The number of hydrogen-bond acceptors (Lipinski definition) is 7. The minimum Gasteiger partial charge on any atom is -0.494 e. The van der Waals surface area contributed by atoms with Gasteiger partial charge < -0.3 is 20.7 Å². The molecule has 1 aromatic carbocycles. The summed E-state index contributed by atoms with van der Waals surface area (Å²) in [6, 6.07) is 20.7. The highest BCUT2D eigenvalue weighted by atomic mass is 32.2. The largest absolute Gasteiger partial charge is 0.494 e. The molecule has 10 heteroatoms. The van der Waals surface area contributed by atoms with Crippen LogP contribution in [0, 0.1) is 0 Å². The van der Waals surface area contributed by atoms with Crippen LogP contribution in [-0.2, 0) is 24.4 Å². The van der Waals surface area contributed by atoms with Gasteiger partial charge in [0.1, 0.15) is 5.75 Å². The molecule has 228 valence electrons. The highest BCUT2D eigenvalue weighted by Crippen LogP contribution is 2.33. The molecule has 0 unspecified atom stereocenters. The maximum atomic E-state index is 12.2. The van der Waals surface area contributed by atoms with E-state index >= 15 is 0 Å². The molecule has 43 heavy (non-hydrogen) atoms. The van der Waals surface area contributed by atoms with Crippen LogP contribution in [0.2, 0.25) is 0 Å². The molecule has 2 aliphatic heterocycles. The normalized spacial score (nSPS) is 19.1. The highest BCUT2D eigenvalue weighted by molar-refractivity contribution is 8.00. The van der Waals surface area contributed by atoms with Crippen molar-refractivity contribution in [3.05, 3.63) is 90.0 Å². The number of rotatable bonds is 17. The van der Waals surface area contributed by atoms with Crippen molar-refractivity contribution in [1.82, 2.24) is 30.8 Å². The Labute approximate surface area is 258 Å². The standard InChI is InChI=1S/C33H42N6O3S/c40-31(15-2-1-14-30-32-29(24-43-30)37-33(41)38-32)36-18-7-8-19-42-28-13-9-10-25(20-28)21-39(22-26-11-3-5-16-34-26)23-27-12-4-6-17-35-27/h3-6,9-13,16-17,20,29-30,32H,1-2,7-8,14-15,18-19,21-24H2,(H,36,40)(H2,37,38,41)/t29-,30-,32-/m1/s1. The Bertz CT molecular complexity index is 1260. The van der Waals surface area contributed by atoms with Gasteiger partial charge in [0.2, 0.25) is 5.91 Å². The second-order valence-electron chi connectivity index (χ2n) is 11.2. The van der Waals surface area contributed by atoms with Crippen LogP contribution in [0.25, 0.3) is 0 Å². The number of fused-ring (bicyclic) bond motifs is 1. The van der Waals surface area contributed by atoms with Gasteiger partial charge in [0.15, 0.2) is 0 Å². The van der Waals surface area contributed by atoms with Crippen LogP contribution in [0.3, 0.4) is 0 Å². The second kappa shape index (κ2) is 16.3. The Balaban J connectivity index is 0.965. The highest BCUT2D eigenvalue weighted by Gasteiger charge is 2.42. The molecule has 3 N–H and O–H groups in total. The number of hydrogen-bond donors (Lipinski definition) is 3. The summed E-state index contributed by atoms with van der Waals surface area (Å²) in [5.74, 6) is 1.95. The summed E-state index contributed by atoms with van der Waals surface area (Å²) in [6.45, 7) is 3.48. The minimum atomic E-state index is -0.0464. The molecule has 0 spiro atoms. The van der Waals surface area contributed by atoms with Crippen molar-refractivity contribution in [2.75, 3.05) is 18.9 Å². The van der Waals surface area contributed by atoms with Gasteiger partial charge >= 0.3 is 6.03 Å². The van der Waals surface area contributed by atoms with Gasteiger partial charge in [-0.15, -0.1) is 0 Å². The molecule has 4 heterocycles. The summed E-state index contributed by atoms with van der Waals surface area (Å²) in [5, 5.41) is 9.50. The molecule has 3 aromatic rings.